The topological polar surface area (TPSA) is 33.1 Å². The zero-order valence-corrected chi connectivity index (χ0v) is 27.1. The molecule has 0 spiro atoms. The lowest BCUT2D eigenvalue weighted by Crippen LogP contribution is -2.75. The Balaban J connectivity index is 1.43. The molecule has 4 heteroatoms. The van der Waals surface area contributed by atoms with Gasteiger partial charge in [-0.3, -0.25) is 0 Å². The maximum absolute atomic E-state index is 10.5. The molecule has 3 nitrogen and oxygen atoms in total. The average Bonchev–Trinajstić information content (AvgIpc) is 3.50. The van der Waals surface area contributed by atoms with Crippen LogP contribution >= 0.6 is 0 Å². The van der Waals surface area contributed by atoms with E-state index in [0.717, 1.165) is 43.8 Å². The zero-order chi connectivity index (χ0) is 32.5. The third-order valence-corrected chi connectivity index (χ3v) is 14.2. The minimum Gasteiger partial charge on any atom is -0.309 e. The van der Waals surface area contributed by atoms with Gasteiger partial charge in [0.1, 0.15) is 0 Å². The van der Waals surface area contributed by atoms with E-state index < -0.39 is 8.07 Å². The Morgan fingerprint density at radius 3 is 1.92 bits per heavy atom. The quantitative estimate of drug-likeness (QED) is 0.104. The van der Waals surface area contributed by atoms with Crippen molar-refractivity contribution >= 4 is 56.3 Å². The molecule has 1 aromatic heterocycles. The molecule has 0 N–H and O–H groups in total. The first-order chi connectivity index (χ1) is 23.7. The van der Waals surface area contributed by atoms with E-state index in [-0.39, 0.29) is 0 Å². The minimum atomic E-state index is -2.97. The summed E-state index contributed by atoms with van der Waals surface area (Å²) in [6, 6.07) is 64.0. The summed E-state index contributed by atoms with van der Waals surface area (Å²) in [4.78, 5) is 3.72. The molecule has 8 rings (SSSR count). The number of rotatable bonds is 6. The van der Waals surface area contributed by atoms with Crippen LogP contribution < -0.4 is 20.7 Å². The number of aromatic nitrogens is 1. The third-order valence-electron chi connectivity index (χ3n) is 9.40. The van der Waals surface area contributed by atoms with Gasteiger partial charge in [0.2, 0.25) is 0 Å². The summed E-state index contributed by atoms with van der Waals surface area (Å²) in [5.74, 6) is 0. The van der Waals surface area contributed by atoms with Gasteiger partial charge >= 0.3 is 0 Å². The highest BCUT2D eigenvalue weighted by Crippen LogP contribution is 2.37. The first-order valence-corrected chi connectivity index (χ1v) is 18.0. The number of nitriles is 1. The molecule has 0 bridgehead atoms. The lowest BCUT2D eigenvalue weighted by atomic mass is 10.0. The van der Waals surface area contributed by atoms with Gasteiger partial charge in [-0.15, -0.1) is 0 Å². The van der Waals surface area contributed by atoms with Crippen LogP contribution in [0.3, 0.4) is 0 Å². The molecule has 0 aliphatic rings. The van der Waals surface area contributed by atoms with E-state index in [4.69, 9.17) is 6.57 Å². The maximum atomic E-state index is 10.5. The molecule has 0 amide bonds. The molecule has 0 saturated heterocycles. The van der Waals surface area contributed by atoms with Crippen molar-refractivity contribution in [1.82, 2.24) is 4.57 Å². The van der Waals surface area contributed by atoms with Crippen LogP contribution in [-0.4, -0.2) is 12.6 Å². The molecule has 0 aliphatic heterocycles. The van der Waals surface area contributed by atoms with E-state index in [1.807, 2.05) is 24.3 Å². The molecule has 0 fully saturated rings. The molecular weight excluding hydrogens is 599 g/mol. The summed E-state index contributed by atoms with van der Waals surface area (Å²) in [7, 11) is -2.97. The van der Waals surface area contributed by atoms with Gasteiger partial charge in [0.25, 0.3) is 0 Å². The van der Waals surface area contributed by atoms with E-state index in [1.165, 1.54) is 15.6 Å². The fourth-order valence-corrected chi connectivity index (χ4v) is 12.3. The van der Waals surface area contributed by atoms with Crippen LogP contribution in [0.1, 0.15) is 5.56 Å². The average molecular weight is 628 g/mol. The molecule has 7 aromatic carbocycles. The largest absolute Gasteiger partial charge is 0.309 e. The molecular formula is C44H29N3Si. The fraction of sp³-hybridized carbons (Fsp3) is 0. The molecule has 224 valence electrons. The van der Waals surface area contributed by atoms with E-state index in [2.05, 4.69) is 167 Å². The molecule has 48 heavy (non-hydrogen) atoms. The first kappa shape index (κ1) is 29.0. The Kier molecular flexibility index (Phi) is 7.27. The summed E-state index contributed by atoms with van der Waals surface area (Å²) >= 11 is 0. The van der Waals surface area contributed by atoms with Crippen LogP contribution in [0.25, 0.3) is 43.5 Å². The van der Waals surface area contributed by atoms with Gasteiger partial charge in [0.05, 0.1) is 34.9 Å². The van der Waals surface area contributed by atoms with Crippen LogP contribution in [0.5, 0.6) is 0 Å². The highest BCUT2D eigenvalue weighted by Gasteiger charge is 2.43. The SMILES string of the molecule is [C-]#[N+]c1ccc2c(c1)c1ccccc1n2-c1ccccc1-c1cccc([Si](c2ccccc2)(c2ccccc2)c2ccccc2C#N)c1. The Labute approximate surface area is 281 Å². The molecule has 1 heterocycles. The van der Waals surface area contributed by atoms with Crippen LogP contribution in [-0.2, 0) is 0 Å². The molecule has 0 unspecified atom stereocenters. The smallest absolute Gasteiger partial charge is 0.188 e. The second-order valence-electron chi connectivity index (χ2n) is 11.9. The number of para-hydroxylation sites is 2. The number of fused-ring (bicyclic) bond motifs is 3. The van der Waals surface area contributed by atoms with Crippen molar-refractivity contribution in [2.45, 2.75) is 0 Å². The monoisotopic (exact) mass is 627 g/mol. The van der Waals surface area contributed by atoms with Gasteiger partial charge in [-0.1, -0.05) is 146 Å². The predicted octanol–water partition coefficient (Wildman–Crippen LogP) is 8.25. The standard InChI is InChI=1S/C44H29N3Si/c1-46-34-27-28-43-40(30-34)39-23-10-12-25-42(39)47(43)41-24-11-9-22-38(41)32-16-14-21-37(29-32)48(35-17-4-2-5-18-35,36-19-6-3-7-20-36)44-26-13-8-15-33(44)31-45/h2-30H. The van der Waals surface area contributed by atoms with Crippen LogP contribution in [0.2, 0.25) is 0 Å². The molecule has 0 atom stereocenters. The highest BCUT2D eigenvalue weighted by molar-refractivity contribution is 7.20. The minimum absolute atomic E-state index is 0.632. The second-order valence-corrected chi connectivity index (χ2v) is 15.7. The highest BCUT2D eigenvalue weighted by atomic mass is 28.3. The summed E-state index contributed by atoms with van der Waals surface area (Å²) in [6.07, 6.45) is 0. The Bertz CT molecular complexity index is 2500. The zero-order valence-electron chi connectivity index (χ0n) is 26.1. The molecule has 0 aliphatic carbocycles. The van der Waals surface area contributed by atoms with Gasteiger partial charge in [0.15, 0.2) is 13.8 Å². The normalized spacial score (nSPS) is 11.3. The van der Waals surface area contributed by atoms with Gasteiger partial charge in [0, 0.05) is 10.9 Å². The van der Waals surface area contributed by atoms with Crippen LogP contribution in [0.15, 0.2) is 176 Å². The van der Waals surface area contributed by atoms with Crippen LogP contribution in [0.4, 0.5) is 5.69 Å². The van der Waals surface area contributed by atoms with Crippen molar-refractivity contribution in [3.05, 3.63) is 193 Å². The van der Waals surface area contributed by atoms with Gasteiger partial charge < -0.3 is 4.57 Å². The summed E-state index contributed by atoms with van der Waals surface area (Å²) in [5.41, 5.74) is 6.77. The van der Waals surface area contributed by atoms with Gasteiger partial charge in [-0.25, -0.2) is 4.85 Å². The number of hydrogen-bond donors (Lipinski definition) is 0. The van der Waals surface area contributed by atoms with Crippen molar-refractivity contribution in [2.24, 2.45) is 0 Å². The van der Waals surface area contributed by atoms with Crippen molar-refractivity contribution < 1.29 is 0 Å². The summed E-state index contributed by atoms with van der Waals surface area (Å²) in [5, 5.41) is 17.4. The predicted molar refractivity (Wildman–Crippen MR) is 201 cm³/mol. The lowest BCUT2D eigenvalue weighted by Gasteiger charge is -2.35. The van der Waals surface area contributed by atoms with Crippen molar-refractivity contribution in [2.75, 3.05) is 0 Å². The lowest BCUT2D eigenvalue weighted by molar-refractivity contribution is 1.18. The maximum Gasteiger partial charge on any atom is 0.188 e. The Morgan fingerprint density at radius 1 is 0.542 bits per heavy atom. The van der Waals surface area contributed by atoms with Crippen molar-refractivity contribution in [1.29, 1.82) is 5.26 Å². The number of nitrogens with zero attached hydrogens (tertiary/aromatic N) is 3. The molecule has 0 radical (unpaired) electrons. The van der Waals surface area contributed by atoms with Crippen LogP contribution in [0, 0.1) is 17.9 Å². The summed E-state index contributed by atoms with van der Waals surface area (Å²) < 4.78 is 2.32. The van der Waals surface area contributed by atoms with Gasteiger partial charge in [-0.05, 0) is 62.0 Å². The second kappa shape index (κ2) is 12.0. The van der Waals surface area contributed by atoms with E-state index >= 15 is 0 Å². The van der Waals surface area contributed by atoms with E-state index in [1.54, 1.807) is 0 Å². The van der Waals surface area contributed by atoms with E-state index in [9.17, 15) is 5.26 Å². The van der Waals surface area contributed by atoms with Gasteiger partial charge in [-0.2, -0.15) is 5.26 Å². The van der Waals surface area contributed by atoms with Crippen molar-refractivity contribution in [3.63, 3.8) is 0 Å². The third kappa shape index (κ3) is 4.55. The van der Waals surface area contributed by atoms with Crippen molar-refractivity contribution in [3.8, 4) is 22.9 Å². The molecule has 0 saturated carbocycles. The Morgan fingerprint density at radius 2 is 1.17 bits per heavy atom. The van der Waals surface area contributed by atoms with E-state index in [0.29, 0.717) is 11.3 Å². The first-order valence-electron chi connectivity index (χ1n) is 16.0. The number of hydrogen-bond acceptors (Lipinski definition) is 1. The summed E-state index contributed by atoms with van der Waals surface area (Å²) in [6.45, 7) is 7.63. The number of benzene rings is 7. The molecule has 8 aromatic rings. The fourth-order valence-electron chi connectivity index (χ4n) is 7.37. The Hall–Kier alpha value is -6.46.